The molecule has 0 heterocycles. The second-order valence-corrected chi connectivity index (χ2v) is 8.82. The van der Waals surface area contributed by atoms with Gasteiger partial charge < -0.3 is 0 Å². The summed E-state index contributed by atoms with van der Waals surface area (Å²) >= 11 is 0. The van der Waals surface area contributed by atoms with Crippen LogP contribution >= 0.6 is 0 Å². The molecular weight excluding hydrogens is 331 g/mol. The van der Waals surface area contributed by atoms with Crippen LogP contribution in [0.25, 0.3) is 0 Å². The van der Waals surface area contributed by atoms with Crippen LogP contribution in [-0.4, -0.2) is 11.8 Å². The van der Waals surface area contributed by atoms with E-state index in [0.29, 0.717) is 12.8 Å². The summed E-state index contributed by atoms with van der Waals surface area (Å²) in [7, 11) is 0. The molecule has 5 heteroatoms. The van der Waals surface area contributed by atoms with Gasteiger partial charge in [-0.05, 0) is 85.8 Å². The number of rotatable bonds is 5. The van der Waals surface area contributed by atoms with Gasteiger partial charge in [-0.25, -0.2) is 4.39 Å². The SMILES string of the molecule is O=C(CCc1ccc(F)cc1)NNC(=O)CC12CC3CC(CC(C3)C1)C2. The quantitative estimate of drug-likeness (QED) is 0.792. The molecule has 5 rings (SSSR count). The van der Waals surface area contributed by atoms with E-state index < -0.39 is 0 Å². The van der Waals surface area contributed by atoms with Crippen LogP contribution < -0.4 is 10.9 Å². The number of halogens is 1. The standard InChI is InChI=1S/C21H27FN2O2/c22-18-4-1-14(2-5-18)3-6-19(25)23-24-20(26)13-21-10-15-7-16(11-21)9-17(8-15)12-21/h1-2,4-5,15-17H,3,6-13H2,(H,23,25)(H,24,26). The van der Waals surface area contributed by atoms with Crippen LogP contribution in [0, 0.1) is 29.0 Å². The van der Waals surface area contributed by atoms with Crippen molar-refractivity contribution in [2.75, 3.05) is 0 Å². The van der Waals surface area contributed by atoms with Crippen molar-refractivity contribution in [1.82, 2.24) is 10.9 Å². The molecule has 140 valence electrons. The Balaban J connectivity index is 1.21. The molecule has 2 amide bonds. The lowest BCUT2D eigenvalue weighted by molar-refractivity contribution is -0.134. The smallest absolute Gasteiger partial charge is 0.238 e. The Morgan fingerprint density at radius 1 is 0.923 bits per heavy atom. The predicted octanol–water partition coefficient (Wildman–Crippen LogP) is 3.51. The molecule has 1 aromatic rings. The van der Waals surface area contributed by atoms with Crippen molar-refractivity contribution < 1.29 is 14.0 Å². The molecule has 1 aromatic carbocycles. The molecule has 4 saturated carbocycles. The van der Waals surface area contributed by atoms with Crippen LogP contribution in [0.15, 0.2) is 24.3 Å². The molecule has 0 spiro atoms. The molecule has 4 nitrogen and oxygen atoms in total. The molecule has 0 saturated heterocycles. The normalized spacial score (nSPS) is 31.7. The third kappa shape index (κ3) is 3.92. The minimum absolute atomic E-state index is 0.0675. The van der Waals surface area contributed by atoms with Crippen molar-refractivity contribution in [3.05, 3.63) is 35.6 Å². The van der Waals surface area contributed by atoms with Crippen LogP contribution in [-0.2, 0) is 16.0 Å². The van der Waals surface area contributed by atoms with E-state index in [0.717, 1.165) is 23.3 Å². The third-order valence-corrected chi connectivity index (χ3v) is 6.60. The van der Waals surface area contributed by atoms with Crippen LogP contribution in [0.2, 0.25) is 0 Å². The summed E-state index contributed by atoms with van der Waals surface area (Å²) in [5, 5.41) is 0. The maximum absolute atomic E-state index is 12.9. The lowest BCUT2D eigenvalue weighted by Gasteiger charge is -2.56. The molecule has 4 aliphatic carbocycles. The van der Waals surface area contributed by atoms with E-state index in [4.69, 9.17) is 0 Å². The van der Waals surface area contributed by atoms with E-state index >= 15 is 0 Å². The summed E-state index contributed by atoms with van der Waals surface area (Å²) in [5.41, 5.74) is 6.22. The van der Waals surface area contributed by atoms with Gasteiger partial charge in [0.25, 0.3) is 0 Å². The van der Waals surface area contributed by atoms with Gasteiger partial charge in [0.2, 0.25) is 11.8 Å². The van der Waals surface area contributed by atoms with E-state index in [2.05, 4.69) is 10.9 Å². The monoisotopic (exact) mass is 358 g/mol. The number of hydrazine groups is 1. The van der Waals surface area contributed by atoms with Crippen molar-refractivity contribution in [3.8, 4) is 0 Å². The molecule has 4 bridgehead atoms. The zero-order valence-corrected chi connectivity index (χ0v) is 15.1. The molecule has 0 atom stereocenters. The lowest BCUT2D eigenvalue weighted by atomic mass is 9.49. The second kappa shape index (κ2) is 7.01. The molecule has 2 N–H and O–H groups in total. The molecular formula is C21H27FN2O2. The predicted molar refractivity (Wildman–Crippen MR) is 96.2 cm³/mol. The van der Waals surface area contributed by atoms with Crippen LogP contribution in [0.4, 0.5) is 4.39 Å². The van der Waals surface area contributed by atoms with Crippen LogP contribution in [0.1, 0.15) is 56.9 Å². The highest BCUT2D eigenvalue weighted by atomic mass is 19.1. The first-order chi connectivity index (χ1) is 12.5. The van der Waals surface area contributed by atoms with Gasteiger partial charge in [0.15, 0.2) is 0 Å². The van der Waals surface area contributed by atoms with Gasteiger partial charge >= 0.3 is 0 Å². The average Bonchev–Trinajstić information content (AvgIpc) is 2.58. The first kappa shape index (κ1) is 17.5. The first-order valence-corrected chi connectivity index (χ1v) is 9.82. The van der Waals surface area contributed by atoms with Gasteiger partial charge in [-0.15, -0.1) is 0 Å². The van der Waals surface area contributed by atoms with Gasteiger partial charge in [-0.3, -0.25) is 20.4 Å². The van der Waals surface area contributed by atoms with Gasteiger partial charge in [0.1, 0.15) is 5.82 Å². The number of benzene rings is 1. The number of hydrogen-bond acceptors (Lipinski definition) is 2. The van der Waals surface area contributed by atoms with E-state index in [1.54, 1.807) is 12.1 Å². The number of amides is 2. The Labute approximate surface area is 153 Å². The highest BCUT2D eigenvalue weighted by Crippen LogP contribution is 2.61. The maximum atomic E-state index is 12.9. The number of carbonyl (C=O) groups excluding carboxylic acids is 2. The Morgan fingerprint density at radius 3 is 2.04 bits per heavy atom. The Morgan fingerprint density at radius 2 is 1.46 bits per heavy atom. The fraction of sp³-hybridized carbons (Fsp3) is 0.619. The summed E-state index contributed by atoms with van der Waals surface area (Å²) in [6, 6.07) is 6.13. The van der Waals surface area contributed by atoms with Crippen molar-refractivity contribution in [1.29, 1.82) is 0 Å². The first-order valence-electron chi connectivity index (χ1n) is 9.82. The Hall–Kier alpha value is -1.91. The van der Waals surface area contributed by atoms with Crippen LogP contribution in [0.5, 0.6) is 0 Å². The summed E-state index contributed by atoms with van der Waals surface area (Å²) in [4.78, 5) is 24.3. The van der Waals surface area contributed by atoms with Gasteiger partial charge in [0.05, 0.1) is 0 Å². The summed E-state index contributed by atoms with van der Waals surface area (Å²) < 4.78 is 12.9. The Kier molecular flexibility index (Phi) is 4.72. The third-order valence-electron chi connectivity index (χ3n) is 6.60. The van der Waals surface area contributed by atoms with Crippen molar-refractivity contribution >= 4 is 11.8 Å². The summed E-state index contributed by atoms with van der Waals surface area (Å²) in [5.74, 6) is 1.89. The van der Waals surface area contributed by atoms with E-state index in [9.17, 15) is 14.0 Å². The fourth-order valence-electron chi connectivity index (χ4n) is 6.00. The summed E-state index contributed by atoms with van der Waals surface area (Å²) in [6.45, 7) is 0. The molecule has 4 aliphatic rings. The average molecular weight is 358 g/mol. The highest BCUT2D eigenvalue weighted by molar-refractivity contribution is 5.82. The highest BCUT2D eigenvalue weighted by Gasteiger charge is 2.51. The van der Waals surface area contributed by atoms with E-state index in [-0.39, 0.29) is 29.5 Å². The van der Waals surface area contributed by atoms with Gasteiger partial charge in [0, 0.05) is 12.8 Å². The second-order valence-electron chi connectivity index (χ2n) is 8.82. The number of hydrogen-bond donors (Lipinski definition) is 2. The molecule has 0 aliphatic heterocycles. The van der Waals surface area contributed by atoms with Gasteiger partial charge in [-0.2, -0.15) is 0 Å². The zero-order valence-electron chi connectivity index (χ0n) is 15.1. The Bertz CT molecular complexity index is 650. The number of aryl methyl sites for hydroxylation is 1. The maximum Gasteiger partial charge on any atom is 0.238 e. The van der Waals surface area contributed by atoms with Crippen molar-refractivity contribution in [2.45, 2.75) is 57.8 Å². The summed E-state index contributed by atoms with van der Waals surface area (Å²) in [6.07, 6.45) is 8.97. The molecule has 0 aromatic heterocycles. The fourth-order valence-corrected chi connectivity index (χ4v) is 6.00. The number of carbonyl (C=O) groups is 2. The minimum atomic E-state index is -0.282. The lowest BCUT2D eigenvalue weighted by Crippen LogP contribution is -2.50. The van der Waals surface area contributed by atoms with Crippen molar-refractivity contribution in [2.24, 2.45) is 23.2 Å². The molecule has 4 fully saturated rings. The van der Waals surface area contributed by atoms with E-state index in [1.807, 2.05) is 0 Å². The topological polar surface area (TPSA) is 58.2 Å². The van der Waals surface area contributed by atoms with Crippen LogP contribution in [0.3, 0.4) is 0 Å². The van der Waals surface area contributed by atoms with Crippen molar-refractivity contribution in [3.63, 3.8) is 0 Å². The molecule has 0 unspecified atom stereocenters. The number of nitrogens with one attached hydrogen (secondary N) is 2. The van der Waals surface area contributed by atoms with E-state index in [1.165, 1.54) is 50.7 Å². The largest absolute Gasteiger partial charge is 0.273 e. The molecule has 0 radical (unpaired) electrons. The van der Waals surface area contributed by atoms with Gasteiger partial charge in [-0.1, -0.05) is 12.1 Å². The minimum Gasteiger partial charge on any atom is -0.273 e. The zero-order chi connectivity index (χ0) is 18.1. The molecule has 26 heavy (non-hydrogen) atoms.